The summed E-state index contributed by atoms with van der Waals surface area (Å²) in [7, 11) is 0. The molecular formula is C23H32N4O4S. The van der Waals surface area contributed by atoms with Crippen LogP contribution in [0.2, 0.25) is 0 Å². The summed E-state index contributed by atoms with van der Waals surface area (Å²) in [5, 5.41) is 15.1. The first-order valence-corrected chi connectivity index (χ1v) is 12.1. The number of ether oxygens (including phenoxy) is 2. The Morgan fingerprint density at radius 2 is 2.00 bits per heavy atom. The van der Waals surface area contributed by atoms with E-state index in [9.17, 15) is 10.1 Å². The Balaban J connectivity index is 1.76. The lowest BCUT2D eigenvalue weighted by atomic mass is 10.2. The van der Waals surface area contributed by atoms with E-state index in [2.05, 4.69) is 22.1 Å². The van der Waals surface area contributed by atoms with Gasteiger partial charge in [0.25, 0.3) is 5.69 Å². The van der Waals surface area contributed by atoms with E-state index < -0.39 is 0 Å². The molecule has 1 aliphatic rings. The molecule has 0 radical (unpaired) electrons. The highest BCUT2D eigenvalue weighted by Gasteiger charge is 2.20. The largest absolute Gasteiger partial charge is 0.492 e. The van der Waals surface area contributed by atoms with Crippen molar-refractivity contribution in [3.8, 4) is 5.75 Å². The van der Waals surface area contributed by atoms with Crippen molar-refractivity contribution in [1.82, 2.24) is 9.88 Å². The van der Waals surface area contributed by atoms with Gasteiger partial charge in [-0.3, -0.25) is 20.0 Å². The van der Waals surface area contributed by atoms with Gasteiger partial charge in [0.1, 0.15) is 11.4 Å². The number of aromatic nitrogens is 1. The van der Waals surface area contributed by atoms with Crippen LogP contribution in [0.1, 0.15) is 32.6 Å². The van der Waals surface area contributed by atoms with Gasteiger partial charge in [0.05, 0.1) is 35.7 Å². The number of unbranched alkanes of at least 4 members (excludes halogenated alkanes) is 3. The number of anilines is 1. The van der Waals surface area contributed by atoms with Gasteiger partial charge in [0, 0.05) is 43.5 Å². The van der Waals surface area contributed by atoms with E-state index in [4.69, 9.17) is 9.47 Å². The number of nitrogens with zero attached hydrogens (tertiary/aromatic N) is 3. The maximum Gasteiger partial charge on any atom is 0.296 e. The van der Waals surface area contributed by atoms with Gasteiger partial charge < -0.3 is 14.8 Å². The van der Waals surface area contributed by atoms with Crippen molar-refractivity contribution in [3.05, 3.63) is 46.8 Å². The molecule has 0 amide bonds. The fourth-order valence-electron chi connectivity index (χ4n) is 3.45. The normalized spacial score (nSPS) is 14.3. The Bertz CT molecular complexity index is 847. The highest BCUT2D eigenvalue weighted by molar-refractivity contribution is 7.99. The second-order valence-corrected chi connectivity index (χ2v) is 8.76. The summed E-state index contributed by atoms with van der Waals surface area (Å²) in [6.07, 6.45) is 7.81. The third kappa shape index (κ3) is 7.65. The number of nitro groups is 1. The Morgan fingerprint density at radius 1 is 1.22 bits per heavy atom. The number of nitro benzene ring substituents is 1. The predicted octanol–water partition coefficient (Wildman–Crippen LogP) is 4.84. The molecule has 0 spiro atoms. The highest BCUT2D eigenvalue weighted by Crippen LogP contribution is 2.41. The lowest BCUT2D eigenvalue weighted by Crippen LogP contribution is -2.39. The van der Waals surface area contributed by atoms with Crippen LogP contribution < -0.4 is 10.1 Å². The molecule has 1 aromatic heterocycles. The number of pyridine rings is 1. The van der Waals surface area contributed by atoms with Crippen molar-refractivity contribution in [2.45, 2.75) is 42.4 Å². The van der Waals surface area contributed by atoms with Crippen molar-refractivity contribution >= 4 is 23.1 Å². The van der Waals surface area contributed by atoms with Gasteiger partial charge in [0.2, 0.25) is 0 Å². The fraction of sp³-hybridized carbons (Fsp3) is 0.522. The molecule has 0 saturated carbocycles. The second kappa shape index (κ2) is 13.2. The quantitative estimate of drug-likeness (QED) is 0.258. The van der Waals surface area contributed by atoms with Crippen LogP contribution in [0.3, 0.4) is 0 Å². The van der Waals surface area contributed by atoms with Gasteiger partial charge in [-0.1, -0.05) is 37.9 Å². The van der Waals surface area contributed by atoms with E-state index >= 15 is 0 Å². The van der Waals surface area contributed by atoms with Crippen molar-refractivity contribution in [3.63, 3.8) is 0 Å². The van der Waals surface area contributed by atoms with Crippen LogP contribution in [0, 0.1) is 10.1 Å². The number of rotatable bonds is 13. The third-order valence-electron chi connectivity index (χ3n) is 5.24. The van der Waals surface area contributed by atoms with E-state index in [1.54, 1.807) is 18.5 Å². The molecule has 8 nitrogen and oxygen atoms in total. The highest BCUT2D eigenvalue weighted by atomic mass is 32.2. The molecule has 174 valence electrons. The smallest absolute Gasteiger partial charge is 0.296 e. The molecule has 2 heterocycles. The Hall–Kier alpha value is -2.36. The van der Waals surface area contributed by atoms with Crippen molar-refractivity contribution < 1.29 is 14.4 Å². The predicted molar refractivity (Wildman–Crippen MR) is 127 cm³/mol. The first-order chi connectivity index (χ1) is 15.7. The lowest BCUT2D eigenvalue weighted by Gasteiger charge is -2.26. The SMILES string of the molecule is CCCCCCOc1cc([N+](=O)[O-])c(NCCN2CCOCC2)cc1Sc1ccncc1. The molecule has 1 fully saturated rings. The molecule has 9 heteroatoms. The molecule has 0 unspecified atom stereocenters. The summed E-state index contributed by atoms with van der Waals surface area (Å²) in [6.45, 7) is 7.38. The van der Waals surface area contributed by atoms with Crippen molar-refractivity contribution in [2.24, 2.45) is 0 Å². The van der Waals surface area contributed by atoms with Gasteiger partial charge in [-0.05, 0) is 24.6 Å². The minimum absolute atomic E-state index is 0.0367. The van der Waals surface area contributed by atoms with Crippen molar-refractivity contribution in [2.75, 3.05) is 51.3 Å². The molecule has 32 heavy (non-hydrogen) atoms. The van der Waals surface area contributed by atoms with Gasteiger partial charge in [-0.2, -0.15) is 0 Å². The van der Waals surface area contributed by atoms with Crippen LogP contribution in [0.5, 0.6) is 5.75 Å². The maximum atomic E-state index is 11.8. The first kappa shape index (κ1) is 24.3. The molecule has 1 N–H and O–H groups in total. The summed E-state index contributed by atoms with van der Waals surface area (Å²) >= 11 is 1.52. The van der Waals surface area contributed by atoms with E-state index in [1.165, 1.54) is 11.8 Å². The van der Waals surface area contributed by atoms with E-state index in [1.807, 2.05) is 18.2 Å². The third-order valence-corrected chi connectivity index (χ3v) is 6.29. The molecule has 1 aromatic carbocycles. The number of morpholine rings is 1. The molecule has 1 saturated heterocycles. The van der Waals surface area contributed by atoms with Crippen LogP contribution in [-0.4, -0.2) is 60.8 Å². The average Bonchev–Trinajstić information content (AvgIpc) is 2.81. The minimum atomic E-state index is -0.345. The van der Waals surface area contributed by atoms with E-state index in [0.29, 0.717) is 24.6 Å². The lowest BCUT2D eigenvalue weighted by molar-refractivity contribution is -0.384. The summed E-state index contributed by atoms with van der Waals surface area (Å²) in [5.41, 5.74) is 0.549. The Kier molecular flexibility index (Phi) is 10.1. The van der Waals surface area contributed by atoms with Crippen LogP contribution in [0.15, 0.2) is 46.5 Å². The minimum Gasteiger partial charge on any atom is -0.492 e. The van der Waals surface area contributed by atoms with Gasteiger partial charge in [-0.25, -0.2) is 0 Å². The van der Waals surface area contributed by atoms with Crippen LogP contribution in [0.25, 0.3) is 0 Å². The monoisotopic (exact) mass is 460 g/mol. The van der Waals surface area contributed by atoms with Crippen molar-refractivity contribution in [1.29, 1.82) is 0 Å². The zero-order chi connectivity index (χ0) is 22.6. The number of hydrogen-bond donors (Lipinski definition) is 1. The standard InChI is InChI=1S/C23H32N4O4S/c1-2-3-4-5-14-31-22-18-21(27(28)29)20(25-10-11-26-12-15-30-16-13-26)17-23(22)32-19-6-8-24-9-7-19/h6-9,17-18,25H,2-5,10-16H2,1H3. The number of benzene rings is 1. The van der Waals surface area contributed by atoms with Gasteiger partial charge in [-0.15, -0.1) is 0 Å². The average molecular weight is 461 g/mol. The van der Waals surface area contributed by atoms with E-state index in [0.717, 1.165) is 68.3 Å². The Morgan fingerprint density at radius 3 is 2.72 bits per heavy atom. The maximum absolute atomic E-state index is 11.8. The summed E-state index contributed by atoms with van der Waals surface area (Å²) < 4.78 is 11.4. The molecule has 1 aliphatic heterocycles. The summed E-state index contributed by atoms with van der Waals surface area (Å²) in [5.74, 6) is 0.550. The molecule has 0 atom stereocenters. The Labute approximate surface area is 193 Å². The topological polar surface area (TPSA) is 89.8 Å². The van der Waals surface area contributed by atoms with Crippen LogP contribution >= 0.6 is 11.8 Å². The summed E-state index contributed by atoms with van der Waals surface area (Å²) in [4.78, 5) is 19.7. The summed E-state index contributed by atoms with van der Waals surface area (Å²) in [6, 6.07) is 7.23. The zero-order valence-electron chi connectivity index (χ0n) is 18.6. The zero-order valence-corrected chi connectivity index (χ0v) is 19.4. The molecular weight excluding hydrogens is 428 g/mol. The molecule has 0 aliphatic carbocycles. The first-order valence-electron chi connectivity index (χ1n) is 11.2. The molecule has 0 bridgehead atoms. The second-order valence-electron chi connectivity index (χ2n) is 7.65. The molecule has 2 aromatic rings. The van der Waals surface area contributed by atoms with Crippen LogP contribution in [-0.2, 0) is 4.74 Å². The number of hydrogen-bond acceptors (Lipinski definition) is 8. The fourth-order valence-corrected chi connectivity index (χ4v) is 4.36. The van der Waals surface area contributed by atoms with Gasteiger partial charge >= 0.3 is 0 Å². The van der Waals surface area contributed by atoms with Gasteiger partial charge in [0.15, 0.2) is 0 Å². The molecule has 3 rings (SSSR count). The van der Waals surface area contributed by atoms with Crippen LogP contribution in [0.4, 0.5) is 11.4 Å². The van der Waals surface area contributed by atoms with E-state index in [-0.39, 0.29) is 10.6 Å². The number of nitrogens with one attached hydrogen (secondary N) is 1.